The Morgan fingerprint density at radius 1 is 1.00 bits per heavy atom. The first-order valence-electron chi connectivity index (χ1n) is 7.97. The van der Waals surface area contributed by atoms with E-state index >= 15 is 0 Å². The second-order valence-electron chi connectivity index (χ2n) is 6.25. The molecule has 4 rings (SSSR count). The van der Waals surface area contributed by atoms with Gasteiger partial charge in [0, 0.05) is 19.7 Å². The molecule has 2 aromatic carbocycles. The van der Waals surface area contributed by atoms with Gasteiger partial charge in [0.1, 0.15) is 6.04 Å². The zero-order chi connectivity index (χ0) is 14.3. The highest BCUT2D eigenvalue weighted by atomic mass is 16.5. The van der Waals surface area contributed by atoms with Gasteiger partial charge in [-0.3, -0.25) is 0 Å². The maximum Gasteiger partial charge on any atom is 0.570 e. The van der Waals surface area contributed by atoms with E-state index in [1.54, 1.807) is 4.81 Å². The van der Waals surface area contributed by atoms with E-state index in [0.717, 1.165) is 0 Å². The van der Waals surface area contributed by atoms with Crippen LogP contribution in [0.1, 0.15) is 24.0 Å². The van der Waals surface area contributed by atoms with Gasteiger partial charge in [-0.1, -0.05) is 60.7 Å². The minimum Gasteiger partial charge on any atom is -0.373 e. The van der Waals surface area contributed by atoms with Gasteiger partial charge in [0.05, 0.1) is 6.54 Å². The van der Waals surface area contributed by atoms with Crippen LogP contribution in [-0.4, -0.2) is 19.6 Å². The summed E-state index contributed by atoms with van der Waals surface area (Å²) >= 11 is 0. The second kappa shape index (κ2) is 5.01. The van der Waals surface area contributed by atoms with Crippen LogP contribution in [0.15, 0.2) is 60.7 Å². The topological polar surface area (TPSA) is 13.7 Å². The highest BCUT2D eigenvalue weighted by Gasteiger charge is 2.61. The van der Waals surface area contributed by atoms with Gasteiger partial charge < -0.3 is 9.47 Å². The Morgan fingerprint density at radius 2 is 1.57 bits per heavy atom. The van der Waals surface area contributed by atoms with Crippen LogP contribution in [-0.2, 0) is 10.3 Å². The van der Waals surface area contributed by atoms with Crippen molar-refractivity contribution in [1.82, 2.24) is 0 Å². The summed E-state index contributed by atoms with van der Waals surface area (Å²) in [6.07, 6.45) is 2.54. The van der Waals surface area contributed by atoms with Gasteiger partial charge in [-0.15, -0.1) is 0 Å². The van der Waals surface area contributed by atoms with Crippen molar-refractivity contribution < 1.29 is 9.47 Å². The number of hydrogen-bond donors (Lipinski definition) is 1. The smallest absolute Gasteiger partial charge is 0.373 e. The normalized spacial score (nSPS) is 26.8. The van der Waals surface area contributed by atoms with Crippen LogP contribution in [0.5, 0.6) is 0 Å². The Labute approximate surface area is 126 Å². The van der Waals surface area contributed by atoms with Crippen LogP contribution in [0.4, 0.5) is 0 Å². The molecule has 0 saturated carbocycles. The van der Waals surface area contributed by atoms with E-state index in [9.17, 15) is 0 Å². The van der Waals surface area contributed by atoms with E-state index in [-0.39, 0.29) is 12.7 Å². The lowest BCUT2D eigenvalue weighted by Gasteiger charge is -2.33. The fourth-order valence-electron chi connectivity index (χ4n) is 4.33. The summed E-state index contributed by atoms with van der Waals surface area (Å²) < 4.78 is 6.65. The molecule has 106 valence electrons. The Hall–Kier alpha value is -1.58. The molecule has 0 amide bonds. The monoisotopic (exact) mass is 278 g/mol. The fraction of sp³-hybridized carbons (Fsp3) is 0.333. The summed E-state index contributed by atoms with van der Waals surface area (Å²) in [5.41, 5.74) is 2.31. The van der Waals surface area contributed by atoms with Crippen LogP contribution in [0.2, 0.25) is 6.82 Å². The van der Waals surface area contributed by atoms with Gasteiger partial charge in [-0.25, -0.2) is 0 Å². The van der Waals surface area contributed by atoms with Gasteiger partial charge in [0.15, 0.2) is 5.60 Å². The average Bonchev–Trinajstić information content (AvgIpc) is 3.13. The highest BCUT2D eigenvalue weighted by Crippen LogP contribution is 2.41. The molecule has 0 aromatic heterocycles. The van der Waals surface area contributed by atoms with Gasteiger partial charge in [-0.2, -0.15) is 0 Å². The molecule has 0 radical (unpaired) electrons. The number of hydrogen-bond acceptors (Lipinski definition) is 1. The molecule has 2 aromatic rings. The molecule has 2 saturated heterocycles. The van der Waals surface area contributed by atoms with Crippen LogP contribution < -0.4 is 4.81 Å². The first kappa shape index (κ1) is 13.1. The molecule has 1 unspecified atom stereocenters. The van der Waals surface area contributed by atoms with E-state index in [1.807, 2.05) is 0 Å². The molecule has 2 fully saturated rings. The molecular formula is C18H21BNO+. The van der Waals surface area contributed by atoms with Gasteiger partial charge >= 0.3 is 7.05 Å². The van der Waals surface area contributed by atoms with Crippen molar-refractivity contribution >= 4 is 7.05 Å². The summed E-state index contributed by atoms with van der Waals surface area (Å²) in [6, 6.07) is 22.1. The Kier molecular flexibility index (Phi) is 3.13. The van der Waals surface area contributed by atoms with Crippen LogP contribution >= 0.6 is 0 Å². The van der Waals surface area contributed by atoms with Gasteiger partial charge in [0.25, 0.3) is 0 Å². The fourth-order valence-corrected chi connectivity index (χ4v) is 4.33. The molecule has 0 aliphatic carbocycles. The van der Waals surface area contributed by atoms with Crippen molar-refractivity contribution in [1.29, 1.82) is 0 Å². The first-order valence-corrected chi connectivity index (χ1v) is 7.97. The largest absolute Gasteiger partial charge is 0.570 e. The second-order valence-corrected chi connectivity index (χ2v) is 6.25. The maximum absolute atomic E-state index is 6.65. The van der Waals surface area contributed by atoms with Gasteiger partial charge in [0.2, 0.25) is 0 Å². The molecule has 1 N–H and O–H groups in total. The molecule has 2 aliphatic heterocycles. The number of fused-ring (bicyclic) bond motifs is 1. The van der Waals surface area contributed by atoms with Crippen molar-refractivity contribution in [2.24, 2.45) is 0 Å². The van der Waals surface area contributed by atoms with Crippen LogP contribution in [0, 0.1) is 0 Å². The van der Waals surface area contributed by atoms with E-state index in [2.05, 4.69) is 67.5 Å². The molecule has 21 heavy (non-hydrogen) atoms. The summed E-state index contributed by atoms with van der Waals surface area (Å²) in [5, 5.41) is 0. The molecule has 3 heteroatoms. The zero-order valence-corrected chi connectivity index (χ0v) is 12.5. The number of nitrogens with one attached hydrogen (secondary N) is 1. The van der Waals surface area contributed by atoms with E-state index < -0.39 is 0 Å². The molecule has 2 nitrogen and oxygen atoms in total. The molecule has 2 aliphatic rings. The summed E-state index contributed by atoms with van der Waals surface area (Å²) in [4.78, 5) is 1.61. The molecule has 0 spiro atoms. The van der Waals surface area contributed by atoms with Crippen molar-refractivity contribution in [3.8, 4) is 0 Å². The highest BCUT2D eigenvalue weighted by molar-refractivity contribution is 6.41. The van der Waals surface area contributed by atoms with E-state index in [0.29, 0.717) is 6.04 Å². The molecule has 0 bridgehead atoms. The van der Waals surface area contributed by atoms with Crippen LogP contribution in [0.25, 0.3) is 0 Å². The van der Waals surface area contributed by atoms with E-state index in [1.165, 1.54) is 30.5 Å². The number of rotatable bonds is 2. The lowest BCUT2D eigenvalue weighted by atomic mass is 9.79. The summed E-state index contributed by atoms with van der Waals surface area (Å²) in [6.45, 7) is 3.45. The molecular weight excluding hydrogens is 257 g/mol. The third kappa shape index (κ3) is 1.88. The van der Waals surface area contributed by atoms with Crippen molar-refractivity contribution in [3.63, 3.8) is 0 Å². The molecule has 2 heterocycles. The minimum atomic E-state index is -0.284. The summed E-state index contributed by atoms with van der Waals surface area (Å²) in [5.74, 6) is 0. The lowest BCUT2D eigenvalue weighted by molar-refractivity contribution is -0.800. The Balaban J connectivity index is 1.92. The predicted octanol–water partition coefficient (Wildman–Crippen LogP) is 2.13. The maximum atomic E-state index is 6.65. The molecule has 2 atom stereocenters. The van der Waals surface area contributed by atoms with Gasteiger partial charge in [-0.05, 0) is 11.1 Å². The first-order chi connectivity index (χ1) is 10.3. The van der Waals surface area contributed by atoms with E-state index in [4.69, 9.17) is 4.65 Å². The minimum absolute atomic E-state index is 0.262. The number of quaternary nitrogens is 1. The third-order valence-electron chi connectivity index (χ3n) is 5.19. The summed E-state index contributed by atoms with van der Waals surface area (Å²) in [7, 11) is 0.262. The van der Waals surface area contributed by atoms with Crippen LogP contribution in [0.3, 0.4) is 0 Å². The SMILES string of the molecule is CB1OC(c2ccccc2)(c2ccccc2)[C@H]2CCC[NH+]12. The Bertz CT molecular complexity index is 576. The van der Waals surface area contributed by atoms with Crippen molar-refractivity contribution in [2.45, 2.75) is 31.3 Å². The lowest BCUT2D eigenvalue weighted by Crippen LogP contribution is -3.17. The standard InChI is InChI=1S/C18H20BNO/c1-19-20-14-8-13-17(20)18(21-19,15-9-4-2-5-10-15)16-11-6-3-7-12-16/h2-7,9-12,17H,8,13-14H2,1H3/p+1/t17-/m1/s1. The van der Waals surface area contributed by atoms with Crippen molar-refractivity contribution in [3.05, 3.63) is 71.8 Å². The number of benzene rings is 2. The quantitative estimate of drug-likeness (QED) is 0.831. The Morgan fingerprint density at radius 3 is 2.14 bits per heavy atom. The van der Waals surface area contributed by atoms with Crippen molar-refractivity contribution in [2.75, 3.05) is 6.54 Å². The average molecular weight is 278 g/mol. The third-order valence-corrected chi connectivity index (χ3v) is 5.19. The zero-order valence-electron chi connectivity index (χ0n) is 12.5. The predicted molar refractivity (Wildman–Crippen MR) is 85.2 cm³/mol.